The molecule has 3 aromatic rings. The van der Waals surface area contributed by atoms with E-state index in [2.05, 4.69) is 22.3 Å². The molecule has 0 spiro atoms. The number of thiazole rings is 1. The number of hydrogen-bond acceptors (Lipinski definition) is 5. The van der Waals surface area contributed by atoms with Crippen molar-refractivity contribution in [3.63, 3.8) is 0 Å². The van der Waals surface area contributed by atoms with Gasteiger partial charge >= 0.3 is 6.18 Å². The number of rotatable bonds is 4. The summed E-state index contributed by atoms with van der Waals surface area (Å²) in [6, 6.07) is 3.78. The molecule has 1 aromatic carbocycles. The van der Waals surface area contributed by atoms with E-state index in [9.17, 15) is 18.0 Å². The molecule has 1 amide bonds. The van der Waals surface area contributed by atoms with Gasteiger partial charge in [-0.3, -0.25) is 9.48 Å². The van der Waals surface area contributed by atoms with Crippen molar-refractivity contribution in [2.75, 3.05) is 12.4 Å². The minimum absolute atomic E-state index is 0.290. The van der Waals surface area contributed by atoms with Gasteiger partial charge in [-0.05, 0) is 37.7 Å². The van der Waals surface area contributed by atoms with Gasteiger partial charge in [0.25, 0.3) is 5.91 Å². The van der Waals surface area contributed by atoms with Crippen molar-refractivity contribution in [2.45, 2.75) is 44.8 Å². The number of fused-ring (bicyclic) bond motifs is 1. The van der Waals surface area contributed by atoms with Gasteiger partial charge in [0, 0.05) is 23.0 Å². The van der Waals surface area contributed by atoms with Crippen LogP contribution in [-0.2, 0) is 6.18 Å². The Hall–Kier alpha value is -2.62. The molecule has 6 nitrogen and oxygen atoms in total. The van der Waals surface area contributed by atoms with Gasteiger partial charge in [0.1, 0.15) is 11.4 Å². The number of halogens is 3. The van der Waals surface area contributed by atoms with Crippen LogP contribution < -0.4 is 10.1 Å². The van der Waals surface area contributed by atoms with Crippen LogP contribution in [0.2, 0.25) is 0 Å². The van der Waals surface area contributed by atoms with E-state index in [0.29, 0.717) is 28.8 Å². The number of ether oxygens (including phenoxy) is 1. The van der Waals surface area contributed by atoms with E-state index >= 15 is 0 Å². The molecule has 1 aliphatic rings. The van der Waals surface area contributed by atoms with Crippen LogP contribution in [0.15, 0.2) is 23.7 Å². The number of carbonyl (C=O) groups is 1. The Balaban J connectivity index is 1.58. The summed E-state index contributed by atoms with van der Waals surface area (Å²) in [6.07, 6.45) is 1.83. The Labute approximate surface area is 175 Å². The molecule has 1 N–H and O–H groups in total. The third-order valence-corrected chi connectivity index (χ3v) is 6.32. The molecule has 0 radical (unpaired) electrons. The van der Waals surface area contributed by atoms with E-state index < -0.39 is 17.1 Å². The molecular formula is C20H21F3N4O2S. The SMILES string of the molecule is COc1cc2nn([C@H]3CC[C@H](C)CC3)cc2cc1NC(=O)c1csc(C(F)(F)F)n1. The maximum Gasteiger partial charge on any atom is 0.443 e. The van der Waals surface area contributed by atoms with E-state index in [0.717, 1.165) is 35.0 Å². The van der Waals surface area contributed by atoms with Crippen LogP contribution in [0, 0.1) is 5.92 Å². The van der Waals surface area contributed by atoms with Gasteiger partial charge in [-0.15, -0.1) is 11.3 Å². The maximum absolute atomic E-state index is 12.7. The zero-order valence-corrected chi connectivity index (χ0v) is 17.3. The Bertz CT molecular complexity index is 1070. The number of alkyl halides is 3. The quantitative estimate of drug-likeness (QED) is 0.582. The minimum Gasteiger partial charge on any atom is -0.494 e. The minimum atomic E-state index is -4.58. The first-order valence-electron chi connectivity index (χ1n) is 9.65. The summed E-state index contributed by atoms with van der Waals surface area (Å²) in [4.78, 5) is 15.8. The maximum atomic E-state index is 12.7. The smallest absolute Gasteiger partial charge is 0.443 e. The van der Waals surface area contributed by atoms with Crippen LogP contribution in [-0.4, -0.2) is 27.8 Å². The van der Waals surface area contributed by atoms with Gasteiger partial charge in [0.15, 0.2) is 5.01 Å². The number of carbonyl (C=O) groups excluding carboxylic acids is 1. The van der Waals surface area contributed by atoms with Gasteiger partial charge in [-0.1, -0.05) is 6.92 Å². The third kappa shape index (κ3) is 4.14. The van der Waals surface area contributed by atoms with Crippen molar-refractivity contribution >= 4 is 33.8 Å². The molecule has 0 aliphatic heterocycles. The number of amides is 1. The second-order valence-electron chi connectivity index (χ2n) is 7.62. The molecule has 2 heterocycles. The van der Waals surface area contributed by atoms with Crippen molar-refractivity contribution < 1.29 is 22.7 Å². The monoisotopic (exact) mass is 438 g/mol. The predicted molar refractivity (Wildman–Crippen MR) is 108 cm³/mol. The van der Waals surface area contributed by atoms with Crippen molar-refractivity contribution in [1.82, 2.24) is 14.8 Å². The van der Waals surface area contributed by atoms with E-state index in [1.807, 2.05) is 10.9 Å². The summed E-state index contributed by atoms with van der Waals surface area (Å²) in [5, 5.41) is 8.12. The summed E-state index contributed by atoms with van der Waals surface area (Å²) in [5.41, 5.74) is 0.798. The normalized spacial score (nSPS) is 19.8. The van der Waals surface area contributed by atoms with E-state index in [1.54, 1.807) is 12.1 Å². The lowest BCUT2D eigenvalue weighted by Gasteiger charge is -2.26. The molecule has 30 heavy (non-hydrogen) atoms. The van der Waals surface area contributed by atoms with E-state index in [1.165, 1.54) is 20.0 Å². The molecule has 1 aliphatic carbocycles. The van der Waals surface area contributed by atoms with Gasteiger partial charge in [-0.25, -0.2) is 4.98 Å². The lowest BCUT2D eigenvalue weighted by Crippen LogP contribution is -2.16. The summed E-state index contributed by atoms with van der Waals surface area (Å²) in [7, 11) is 1.46. The molecule has 0 atom stereocenters. The topological polar surface area (TPSA) is 69.0 Å². The van der Waals surface area contributed by atoms with Gasteiger partial charge in [0.2, 0.25) is 0 Å². The van der Waals surface area contributed by atoms with Crippen molar-refractivity contribution in [3.8, 4) is 5.75 Å². The Kier molecular flexibility index (Phi) is 5.44. The summed E-state index contributed by atoms with van der Waals surface area (Å²) in [6.45, 7) is 2.26. The molecule has 0 unspecified atom stereocenters. The van der Waals surface area contributed by atoms with Gasteiger partial charge in [0.05, 0.1) is 24.4 Å². The fourth-order valence-corrected chi connectivity index (χ4v) is 4.39. The Morgan fingerprint density at radius 1 is 1.27 bits per heavy atom. The Morgan fingerprint density at radius 3 is 2.63 bits per heavy atom. The average Bonchev–Trinajstić information content (AvgIpc) is 3.35. The van der Waals surface area contributed by atoms with Crippen LogP contribution in [0.25, 0.3) is 10.9 Å². The van der Waals surface area contributed by atoms with Crippen LogP contribution in [0.4, 0.5) is 18.9 Å². The number of nitrogens with one attached hydrogen (secondary N) is 1. The molecule has 0 saturated heterocycles. The highest BCUT2D eigenvalue weighted by Gasteiger charge is 2.35. The first-order valence-corrected chi connectivity index (χ1v) is 10.5. The van der Waals surface area contributed by atoms with Crippen LogP contribution in [0.1, 0.15) is 54.1 Å². The van der Waals surface area contributed by atoms with Crippen LogP contribution in [0.3, 0.4) is 0 Å². The van der Waals surface area contributed by atoms with Crippen LogP contribution in [0.5, 0.6) is 5.75 Å². The van der Waals surface area contributed by atoms with E-state index in [-0.39, 0.29) is 5.69 Å². The molecule has 1 saturated carbocycles. The highest BCUT2D eigenvalue weighted by Crippen LogP contribution is 2.35. The largest absolute Gasteiger partial charge is 0.494 e. The number of nitrogens with zero attached hydrogens (tertiary/aromatic N) is 3. The average molecular weight is 438 g/mol. The summed E-state index contributed by atoms with van der Waals surface area (Å²) < 4.78 is 45.6. The van der Waals surface area contributed by atoms with Crippen molar-refractivity contribution in [1.29, 1.82) is 0 Å². The molecule has 0 bridgehead atoms. The first-order chi connectivity index (χ1) is 14.2. The van der Waals surface area contributed by atoms with Crippen LogP contribution >= 0.6 is 11.3 Å². The Morgan fingerprint density at radius 2 is 2.00 bits per heavy atom. The van der Waals surface area contributed by atoms with Gasteiger partial charge < -0.3 is 10.1 Å². The standard InChI is InChI=1S/C20H21F3N4O2S/c1-11-3-5-13(6-4-11)27-9-12-7-15(17(29-2)8-14(12)26-27)24-18(28)16-10-30-19(25-16)20(21,22)23/h7-11,13H,3-6H2,1-2H3,(H,24,28)/t11-,13-. The number of methoxy groups -OCH3 is 1. The second kappa shape index (κ2) is 7.90. The number of aromatic nitrogens is 3. The molecule has 10 heteroatoms. The first kappa shape index (κ1) is 20.6. The number of anilines is 1. The molecular weight excluding hydrogens is 417 g/mol. The fourth-order valence-electron chi connectivity index (χ4n) is 3.73. The molecule has 4 rings (SSSR count). The fraction of sp³-hybridized carbons (Fsp3) is 0.450. The summed E-state index contributed by atoms with van der Waals surface area (Å²) in [5.74, 6) is 0.384. The predicted octanol–water partition coefficient (Wildman–Crippen LogP) is 5.52. The third-order valence-electron chi connectivity index (χ3n) is 5.43. The highest BCUT2D eigenvalue weighted by molar-refractivity contribution is 7.10. The zero-order valence-electron chi connectivity index (χ0n) is 16.5. The molecule has 160 valence electrons. The van der Waals surface area contributed by atoms with Gasteiger partial charge in [-0.2, -0.15) is 18.3 Å². The summed E-state index contributed by atoms with van der Waals surface area (Å²) >= 11 is 0.386. The van der Waals surface area contributed by atoms with Crippen molar-refractivity contribution in [3.05, 3.63) is 34.4 Å². The van der Waals surface area contributed by atoms with Crippen molar-refractivity contribution in [2.24, 2.45) is 5.92 Å². The molecule has 1 fully saturated rings. The highest BCUT2D eigenvalue weighted by atomic mass is 32.1. The zero-order chi connectivity index (χ0) is 21.5. The number of benzene rings is 1. The lowest BCUT2D eigenvalue weighted by atomic mass is 9.87. The second-order valence-corrected chi connectivity index (χ2v) is 8.48. The lowest BCUT2D eigenvalue weighted by molar-refractivity contribution is -0.137. The van der Waals surface area contributed by atoms with E-state index in [4.69, 9.17) is 4.74 Å². The number of hydrogen-bond donors (Lipinski definition) is 1. The molecule has 2 aromatic heterocycles.